The SMILES string of the molecule is CCn1ncc(OC)c1C(=O)CCNC(C)(C)C. The quantitative estimate of drug-likeness (QED) is 0.786. The van der Waals surface area contributed by atoms with Crippen LogP contribution in [0.1, 0.15) is 44.6 Å². The Bertz CT molecular complexity index is 383. The molecule has 1 aromatic rings. The van der Waals surface area contributed by atoms with Crippen molar-refractivity contribution < 1.29 is 9.53 Å². The lowest BCUT2D eigenvalue weighted by molar-refractivity contribution is 0.0967. The molecule has 0 saturated heterocycles. The first-order valence-corrected chi connectivity index (χ1v) is 6.27. The zero-order valence-corrected chi connectivity index (χ0v) is 11.9. The molecule has 0 atom stereocenters. The van der Waals surface area contributed by atoms with E-state index in [9.17, 15) is 4.79 Å². The van der Waals surface area contributed by atoms with Crippen molar-refractivity contribution >= 4 is 5.78 Å². The third-order valence-electron chi connectivity index (χ3n) is 2.60. The molecular weight excluding hydrogens is 230 g/mol. The van der Waals surface area contributed by atoms with Crippen LogP contribution in [0, 0.1) is 0 Å². The maximum absolute atomic E-state index is 12.2. The smallest absolute Gasteiger partial charge is 0.185 e. The van der Waals surface area contributed by atoms with Gasteiger partial charge in [0.15, 0.2) is 11.5 Å². The first-order chi connectivity index (χ1) is 8.39. The molecule has 0 bridgehead atoms. The van der Waals surface area contributed by atoms with Crippen LogP contribution in [0.25, 0.3) is 0 Å². The fourth-order valence-electron chi connectivity index (χ4n) is 1.71. The van der Waals surface area contributed by atoms with E-state index in [1.54, 1.807) is 18.0 Å². The average molecular weight is 253 g/mol. The van der Waals surface area contributed by atoms with Gasteiger partial charge < -0.3 is 10.1 Å². The minimum Gasteiger partial charge on any atom is -0.493 e. The van der Waals surface area contributed by atoms with Crippen molar-refractivity contribution in [2.24, 2.45) is 0 Å². The van der Waals surface area contributed by atoms with Gasteiger partial charge in [0.25, 0.3) is 0 Å². The summed E-state index contributed by atoms with van der Waals surface area (Å²) in [6.45, 7) is 9.51. The predicted molar refractivity (Wildman–Crippen MR) is 71.2 cm³/mol. The van der Waals surface area contributed by atoms with Crippen LogP contribution in [0.3, 0.4) is 0 Å². The molecule has 0 spiro atoms. The molecule has 1 rings (SSSR count). The van der Waals surface area contributed by atoms with Crippen LogP contribution >= 0.6 is 0 Å². The molecule has 0 amide bonds. The highest BCUT2D eigenvalue weighted by molar-refractivity contribution is 5.97. The van der Waals surface area contributed by atoms with Gasteiger partial charge in [0.05, 0.1) is 13.3 Å². The maximum atomic E-state index is 12.2. The van der Waals surface area contributed by atoms with E-state index in [0.717, 1.165) is 0 Å². The summed E-state index contributed by atoms with van der Waals surface area (Å²) in [4.78, 5) is 12.2. The second-order valence-corrected chi connectivity index (χ2v) is 5.23. The molecule has 0 unspecified atom stereocenters. The van der Waals surface area contributed by atoms with E-state index in [-0.39, 0.29) is 11.3 Å². The number of hydrogen-bond donors (Lipinski definition) is 1. The summed E-state index contributed by atoms with van der Waals surface area (Å²) in [6.07, 6.45) is 2.03. The molecule has 0 saturated carbocycles. The monoisotopic (exact) mass is 253 g/mol. The number of rotatable bonds is 6. The number of aromatic nitrogens is 2. The van der Waals surface area contributed by atoms with Gasteiger partial charge in [-0.25, -0.2) is 0 Å². The molecule has 102 valence electrons. The molecule has 0 radical (unpaired) electrons. The molecule has 0 fully saturated rings. The number of Topliss-reactive ketones (excluding diaryl/α,β-unsaturated/α-hetero) is 1. The van der Waals surface area contributed by atoms with E-state index in [2.05, 4.69) is 31.2 Å². The molecule has 5 nitrogen and oxygen atoms in total. The van der Waals surface area contributed by atoms with Gasteiger partial charge in [-0.3, -0.25) is 9.48 Å². The Labute approximate surface area is 109 Å². The molecular formula is C13H23N3O2. The number of aryl methyl sites for hydroxylation is 1. The fraction of sp³-hybridized carbons (Fsp3) is 0.692. The summed E-state index contributed by atoms with van der Waals surface area (Å²) < 4.78 is 6.85. The maximum Gasteiger partial charge on any atom is 0.185 e. The summed E-state index contributed by atoms with van der Waals surface area (Å²) in [7, 11) is 1.56. The van der Waals surface area contributed by atoms with Gasteiger partial charge in [0.2, 0.25) is 0 Å². The number of hydrogen-bond acceptors (Lipinski definition) is 4. The Balaban J connectivity index is 2.69. The Morgan fingerprint density at radius 3 is 2.67 bits per heavy atom. The fourth-order valence-corrected chi connectivity index (χ4v) is 1.71. The van der Waals surface area contributed by atoms with Gasteiger partial charge in [-0.1, -0.05) is 0 Å². The average Bonchev–Trinajstić information content (AvgIpc) is 2.69. The second kappa shape index (κ2) is 6.00. The van der Waals surface area contributed by atoms with Crippen molar-refractivity contribution in [2.45, 2.75) is 46.2 Å². The Morgan fingerprint density at radius 2 is 2.17 bits per heavy atom. The molecule has 0 aliphatic rings. The lowest BCUT2D eigenvalue weighted by Gasteiger charge is -2.20. The number of carbonyl (C=O) groups is 1. The van der Waals surface area contributed by atoms with Crippen LogP contribution < -0.4 is 10.1 Å². The van der Waals surface area contributed by atoms with E-state index < -0.39 is 0 Å². The number of ether oxygens (including phenoxy) is 1. The second-order valence-electron chi connectivity index (χ2n) is 5.23. The normalized spacial score (nSPS) is 11.6. The van der Waals surface area contributed by atoms with Crippen molar-refractivity contribution in [3.63, 3.8) is 0 Å². The van der Waals surface area contributed by atoms with Crippen LogP contribution in [0.15, 0.2) is 6.20 Å². The minimum absolute atomic E-state index is 0.0232. The van der Waals surface area contributed by atoms with Crippen molar-refractivity contribution in [3.05, 3.63) is 11.9 Å². The summed E-state index contributed by atoms with van der Waals surface area (Å²) in [5, 5.41) is 7.43. The van der Waals surface area contributed by atoms with Gasteiger partial charge in [-0.05, 0) is 27.7 Å². The van der Waals surface area contributed by atoms with E-state index in [1.807, 2.05) is 6.92 Å². The summed E-state index contributed by atoms with van der Waals surface area (Å²) in [5.74, 6) is 0.612. The number of carbonyl (C=O) groups excluding carboxylic acids is 1. The van der Waals surface area contributed by atoms with E-state index >= 15 is 0 Å². The lowest BCUT2D eigenvalue weighted by atomic mass is 10.1. The van der Waals surface area contributed by atoms with Gasteiger partial charge >= 0.3 is 0 Å². The number of methoxy groups -OCH3 is 1. The van der Waals surface area contributed by atoms with Crippen LogP contribution in [0.4, 0.5) is 0 Å². The molecule has 0 aliphatic heterocycles. The third kappa shape index (κ3) is 3.84. The van der Waals surface area contributed by atoms with Gasteiger partial charge in [0, 0.05) is 25.0 Å². The molecule has 1 heterocycles. The van der Waals surface area contributed by atoms with Crippen molar-refractivity contribution in [2.75, 3.05) is 13.7 Å². The van der Waals surface area contributed by atoms with Gasteiger partial charge in [-0.15, -0.1) is 0 Å². The summed E-state index contributed by atoms with van der Waals surface area (Å²) in [5.41, 5.74) is 0.589. The molecule has 18 heavy (non-hydrogen) atoms. The Hall–Kier alpha value is -1.36. The van der Waals surface area contributed by atoms with Gasteiger partial charge in [0.1, 0.15) is 5.69 Å². The van der Waals surface area contributed by atoms with E-state index in [4.69, 9.17) is 4.74 Å². The van der Waals surface area contributed by atoms with Crippen LogP contribution in [-0.2, 0) is 6.54 Å². The molecule has 5 heteroatoms. The number of nitrogens with zero attached hydrogens (tertiary/aromatic N) is 2. The van der Waals surface area contributed by atoms with Crippen molar-refractivity contribution in [1.82, 2.24) is 15.1 Å². The number of nitrogens with one attached hydrogen (secondary N) is 1. The van der Waals surface area contributed by atoms with E-state index in [1.165, 1.54) is 0 Å². The molecule has 0 aromatic carbocycles. The van der Waals surface area contributed by atoms with Crippen molar-refractivity contribution in [1.29, 1.82) is 0 Å². The van der Waals surface area contributed by atoms with Crippen LogP contribution in [0.2, 0.25) is 0 Å². The minimum atomic E-state index is 0.0232. The Morgan fingerprint density at radius 1 is 1.50 bits per heavy atom. The van der Waals surface area contributed by atoms with Gasteiger partial charge in [-0.2, -0.15) is 5.10 Å². The Kier molecular flexibility index (Phi) is 4.90. The summed E-state index contributed by atoms with van der Waals surface area (Å²) in [6, 6.07) is 0. The highest BCUT2D eigenvalue weighted by Crippen LogP contribution is 2.19. The zero-order valence-electron chi connectivity index (χ0n) is 11.9. The first kappa shape index (κ1) is 14.7. The third-order valence-corrected chi connectivity index (χ3v) is 2.60. The highest BCUT2D eigenvalue weighted by Gasteiger charge is 2.19. The van der Waals surface area contributed by atoms with Crippen LogP contribution in [0.5, 0.6) is 5.75 Å². The molecule has 1 N–H and O–H groups in total. The van der Waals surface area contributed by atoms with Crippen LogP contribution in [-0.4, -0.2) is 34.8 Å². The van der Waals surface area contributed by atoms with E-state index in [0.29, 0.717) is 31.0 Å². The highest BCUT2D eigenvalue weighted by atomic mass is 16.5. The first-order valence-electron chi connectivity index (χ1n) is 6.27. The lowest BCUT2D eigenvalue weighted by Crippen LogP contribution is -2.37. The largest absolute Gasteiger partial charge is 0.493 e. The molecule has 1 aromatic heterocycles. The molecule has 0 aliphatic carbocycles. The zero-order chi connectivity index (χ0) is 13.8. The standard InChI is InChI=1S/C13H23N3O2/c1-6-16-12(11(18-5)9-15-16)10(17)7-8-14-13(2,3)4/h9,14H,6-8H2,1-5H3. The number of ketones is 1. The topological polar surface area (TPSA) is 56.2 Å². The summed E-state index contributed by atoms with van der Waals surface area (Å²) >= 11 is 0. The predicted octanol–water partition coefficient (Wildman–Crippen LogP) is 1.87. The van der Waals surface area contributed by atoms with Crippen molar-refractivity contribution in [3.8, 4) is 5.75 Å².